The molecule has 0 saturated carbocycles. The molecule has 174 valence electrons. The fraction of sp³-hybridized carbons (Fsp3) is 0. The van der Waals surface area contributed by atoms with E-state index in [1.807, 2.05) is 23.5 Å². The van der Waals surface area contributed by atoms with Gasteiger partial charge in [0.1, 0.15) is 5.58 Å². The van der Waals surface area contributed by atoms with E-state index in [1.165, 1.54) is 30.9 Å². The number of nitrogens with zero attached hydrogens (tertiary/aromatic N) is 1. The number of thiophene rings is 1. The van der Waals surface area contributed by atoms with Crippen molar-refractivity contribution in [3.05, 3.63) is 127 Å². The first kappa shape index (κ1) is 20.6. The summed E-state index contributed by atoms with van der Waals surface area (Å²) in [7, 11) is 0. The predicted octanol–water partition coefficient (Wildman–Crippen LogP) is 10.6. The number of para-hydroxylation sites is 3. The number of fused-ring (bicyclic) bond motifs is 8. The van der Waals surface area contributed by atoms with Gasteiger partial charge in [-0.1, -0.05) is 91.0 Å². The average Bonchev–Trinajstić information content (AvgIpc) is 3.54. The zero-order valence-corrected chi connectivity index (χ0v) is 20.7. The lowest BCUT2D eigenvalue weighted by Gasteiger charge is -2.26. The molecule has 0 saturated heterocycles. The zero-order chi connectivity index (χ0) is 24.3. The molecular formula is C34H21NOS. The molecule has 0 unspecified atom stereocenters. The van der Waals surface area contributed by atoms with E-state index in [2.05, 4.69) is 120 Å². The van der Waals surface area contributed by atoms with Gasteiger partial charge in [0, 0.05) is 31.9 Å². The third-order valence-electron chi connectivity index (χ3n) is 7.25. The van der Waals surface area contributed by atoms with Crippen LogP contribution in [0.5, 0.6) is 0 Å². The van der Waals surface area contributed by atoms with E-state index in [4.69, 9.17) is 4.42 Å². The Labute approximate surface area is 217 Å². The van der Waals surface area contributed by atoms with Crippen molar-refractivity contribution >= 4 is 81.3 Å². The summed E-state index contributed by atoms with van der Waals surface area (Å²) in [5, 5.41) is 7.45. The van der Waals surface area contributed by atoms with E-state index in [0.717, 1.165) is 39.0 Å². The maximum atomic E-state index is 6.50. The predicted molar refractivity (Wildman–Crippen MR) is 159 cm³/mol. The van der Waals surface area contributed by atoms with Crippen LogP contribution in [-0.4, -0.2) is 0 Å². The molecule has 0 aliphatic carbocycles. The smallest absolute Gasteiger partial charge is 0.159 e. The largest absolute Gasteiger partial charge is 0.454 e. The van der Waals surface area contributed by atoms with Crippen molar-refractivity contribution in [2.45, 2.75) is 0 Å². The second kappa shape index (κ2) is 7.95. The quantitative estimate of drug-likeness (QED) is 0.244. The summed E-state index contributed by atoms with van der Waals surface area (Å²) in [5.74, 6) is 0. The first-order chi connectivity index (χ1) is 18.4. The van der Waals surface area contributed by atoms with E-state index in [0.29, 0.717) is 0 Å². The van der Waals surface area contributed by atoms with Gasteiger partial charge in [-0.05, 0) is 47.2 Å². The number of hydrogen-bond donors (Lipinski definition) is 0. The van der Waals surface area contributed by atoms with Crippen LogP contribution in [0.25, 0.3) is 52.9 Å². The molecule has 8 rings (SSSR count). The number of benzene rings is 6. The van der Waals surface area contributed by atoms with Crippen molar-refractivity contribution < 1.29 is 4.42 Å². The van der Waals surface area contributed by atoms with Gasteiger partial charge in [0.15, 0.2) is 5.58 Å². The maximum Gasteiger partial charge on any atom is 0.159 e. The first-order valence-electron chi connectivity index (χ1n) is 12.5. The minimum absolute atomic E-state index is 0.899. The van der Waals surface area contributed by atoms with Crippen molar-refractivity contribution in [3.63, 3.8) is 0 Å². The van der Waals surface area contributed by atoms with Gasteiger partial charge < -0.3 is 9.32 Å². The minimum Gasteiger partial charge on any atom is -0.454 e. The topological polar surface area (TPSA) is 16.4 Å². The fourth-order valence-corrected chi connectivity index (χ4v) is 6.84. The van der Waals surface area contributed by atoms with E-state index < -0.39 is 0 Å². The normalized spacial score (nSPS) is 11.8. The highest BCUT2D eigenvalue weighted by molar-refractivity contribution is 7.26. The third-order valence-corrected chi connectivity index (χ3v) is 8.44. The van der Waals surface area contributed by atoms with Crippen LogP contribution in [0.1, 0.15) is 0 Å². The Hall–Kier alpha value is -4.60. The Balaban J connectivity index is 1.48. The molecule has 3 heteroatoms. The van der Waals surface area contributed by atoms with Gasteiger partial charge in [-0.15, -0.1) is 11.3 Å². The highest BCUT2D eigenvalue weighted by atomic mass is 32.1. The Morgan fingerprint density at radius 3 is 2.11 bits per heavy atom. The SMILES string of the molecule is c1ccc(N(c2cccc3c2oc2ccccc23)c2cccc3c2sc2ccc4ccccc4c23)cc1. The van der Waals surface area contributed by atoms with Crippen LogP contribution >= 0.6 is 11.3 Å². The van der Waals surface area contributed by atoms with E-state index in [1.54, 1.807) is 0 Å². The molecule has 37 heavy (non-hydrogen) atoms. The van der Waals surface area contributed by atoms with Crippen LogP contribution in [-0.2, 0) is 0 Å². The molecule has 0 aliphatic rings. The van der Waals surface area contributed by atoms with Crippen molar-refractivity contribution in [1.82, 2.24) is 0 Å². The summed E-state index contributed by atoms with van der Waals surface area (Å²) in [6.07, 6.45) is 0. The molecule has 0 N–H and O–H groups in total. The molecule has 2 aromatic heterocycles. The Kier molecular flexibility index (Phi) is 4.42. The van der Waals surface area contributed by atoms with Crippen LogP contribution in [0.3, 0.4) is 0 Å². The van der Waals surface area contributed by atoms with Gasteiger partial charge in [0.05, 0.1) is 16.1 Å². The first-order valence-corrected chi connectivity index (χ1v) is 13.3. The molecule has 0 bridgehead atoms. The molecule has 0 atom stereocenters. The fourth-order valence-electron chi connectivity index (χ4n) is 5.62. The van der Waals surface area contributed by atoms with Crippen LogP contribution in [0.4, 0.5) is 17.1 Å². The summed E-state index contributed by atoms with van der Waals surface area (Å²) in [6, 6.07) is 45.2. The highest BCUT2D eigenvalue weighted by Gasteiger charge is 2.22. The van der Waals surface area contributed by atoms with Crippen LogP contribution in [0.15, 0.2) is 132 Å². The van der Waals surface area contributed by atoms with E-state index >= 15 is 0 Å². The molecule has 2 heterocycles. The molecule has 0 amide bonds. The number of hydrogen-bond acceptors (Lipinski definition) is 3. The maximum absolute atomic E-state index is 6.50. The summed E-state index contributed by atoms with van der Waals surface area (Å²) in [6.45, 7) is 0. The molecule has 0 fully saturated rings. The summed E-state index contributed by atoms with van der Waals surface area (Å²) < 4.78 is 9.07. The minimum atomic E-state index is 0.899. The molecular weight excluding hydrogens is 470 g/mol. The highest BCUT2D eigenvalue weighted by Crippen LogP contribution is 2.48. The van der Waals surface area contributed by atoms with Gasteiger partial charge in [-0.25, -0.2) is 0 Å². The number of anilines is 3. The van der Waals surface area contributed by atoms with Crippen LogP contribution in [0, 0.1) is 0 Å². The monoisotopic (exact) mass is 491 g/mol. The van der Waals surface area contributed by atoms with Gasteiger partial charge in [-0.3, -0.25) is 0 Å². The Morgan fingerprint density at radius 2 is 1.22 bits per heavy atom. The molecule has 0 aliphatic heterocycles. The van der Waals surface area contributed by atoms with Crippen LogP contribution in [0.2, 0.25) is 0 Å². The third kappa shape index (κ3) is 3.05. The van der Waals surface area contributed by atoms with E-state index in [9.17, 15) is 0 Å². The number of furan rings is 1. The Morgan fingerprint density at radius 1 is 0.514 bits per heavy atom. The summed E-state index contributed by atoms with van der Waals surface area (Å²) in [4.78, 5) is 2.35. The second-order valence-corrected chi connectivity index (χ2v) is 10.4. The Bertz CT molecular complexity index is 2100. The van der Waals surface area contributed by atoms with Gasteiger partial charge in [0.25, 0.3) is 0 Å². The summed E-state index contributed by atoms with van der Waals surface area (Å²) in [5.41, 5.74) is 5.10. The van der Waals surface area contributed by atoms with Crippen molar-refractivity contribution in [2.24, 2.45) is 0 Å². The lowest BCUT2D eigenvalue weighted by Crippen LogP contribution is -2.10. The van der Waals surface area contributed by atoms with E-state index in [-0.39, 0.29) is 0 Å². The summed E-state index contributed by atoms with van der Waals surface area (Å²) >= 11 is 1.86. The average molecular weight is 492 g/mol. The molecule has 2 nitrogen and oxygen atoms in total. The zero-order valence-electron chi connectivity index (χ0n) is 19.9. The standard InChI is InChI=1S/C34H21NOS/c1-2-11-23(12-3-1)35(28-17-8-15-26-25-14-6-7-19-30(25)36-33(26)28)29-18-9-16-27-32-24-13-5-4-10-22(24)20-21-31(32)37-34(27)29/h1-21H. The van der Waals surface area contributed by atoms with Crippen molar-refractivity contribution in [1.29, 1.82) is 0 Å². The van der Waals surface area contributed by atoms with Gasteiger partial charge in [0.2, 0.25) is 0 Å². The molecule has 6 aromatic carbocycles. The van der Waals surface area contributed by atoms with Gasteiger partial charge in [-0.2, -0.15) is 0 Å². The molecule has 0 radical (unpaired) electrons. The van der Waals surface area contributed by atoms with Crippen LogP contribution < -0.4 is 4.90 Å². The lowest BCUT2D eigenvalue weighted by atomic mass is 10.0. The second-order valence-electron chi connectivity index (χ2n) is 9.34. The van der Waals surface area contributed by atoms with Crippen molar-refractivity contribution in [3.8, 4) is 0 Å². The van der Waals surface area contributed by atoms with Crippen molar-refractivity contribution in [2.75, 3.05) is 4.90 Å². The molecule has 0 spiro atoms. The van der Waals surface area contributed by atoms with Gasteiger partial charge >= 0.3 is 0 Å². The lowest BCUT2D eigenvalue weighted by molar-refractivity contribution is 0.669. The molecule has 8 aromatic rings. The number of rotatable bonds is 3.